The predicted octanol–water partition coefficient (Wildman–Crippen LogP) is 6.10. The summed E-state index contributed by atoms with van der Waals surface area (Å²) in [5.74, 6) is 8.21. The smallest absolute Gasteiger partial charge is 0.382 e. The van der Waals surface area contributed by atoms with Crippen LogP contribution < -0.4 is 10.6 Å². The van der Waals surface area contributed by atoms with E-state index in [4.69, 9.17) is 0 Å². The summed E-state index contributed by atoms with van der Waals surface area (Å²) in [6.07, 6.45) is -2.80. The number of benzene rings is 2. The average molecular weight is 520 g/mol. The zero-order chi connectivity index (χ0) is 24.8. The molecule has 0 aliphatic carbocycles. The number of nitrogens with one attached hydrogen (secondary N) is 2. The number of nitrogens with zero attached hydrogens (tertiary/aromatic N) is 1. The van der Waals surface area contributed by atoms with E-state index in [0.29, 0.717) is 34.6 Å². The third-order valence-corrected chi connectivity index (χ3v) is 8.07. The van der Waals surface area contributed by atoms with Crippen molar-refractivity contribution >= 4 is 44.8 Å². The van der Waals surface area contributed by atoms with Crippen molar-refractivity contribution in [1.29, 1.82) is 0 Å². The minimum absolute atomic E-state index is 0.158. The van der Waals surface area contributed by atoms with Crippen molar-refractivity contribution in [3.63, 3.8) is 0 Å². The molecule has 4 rings (SSSR count). The van der Waals surface area contributed by atoms with E-state index in [1.165, 1.54) is 9.46 Å². The highest BCUT2D eigenvalue weighted by Crippen LogP contribution is 2.31. The van der Waals surface area contributed by atoms with Gasteiger partial charge in [-0.25, -0.2) is 0 Å². The largest absolute Gasteiger partial charge is 0.406 e. The summed E-state index contributed by atoms with van der Waals surface area (Å²) >= 11 is 1.76. The first-order valence-electron chi connectivity index (χ1n) is 11.6. The van der Waals surface area contributed by atoms with Gasteiger partial charge in [0.05, 0.1) is 17.8 Å². The lowest BCUT2D eigenvalue weighted by Gasteiger charge is -2.24. The lowest BCUT2D eigenvalue weighted by Crippen LogP contribution is -2.29. The Hall–Kier alpha value is -2.57. The number of alkyl halides is 3. The van der Waals surface area contributed by atoms with Gasteiger partial charge in [0, 0.05) is 50.0 Å². The van der Waals surface area contributed by atoms with E-state index in [1.807, 2.05) is 30.3 Å². The summed E-state index contributed by atoms with van der Waals surface area (Å²) in [4.78, 5) is 1.19. The molecule has 1 aliphatic heterocycles. The molecule has 2 N–H and O–H groups in total. The van der Waals surface area contributed by atoms with E-state index in [9.17, 15) is 17.4 Å². The molecule has 3 aromatic rings. The van der Waals surface area contributed by atoms with Gasteiger partial charge in [-0.2, -0.15) is 13.2 Å². The molecule has 4 nitrogen and oxygen atoms in total. The molecule has 0 atom stereocenters. The second-order valence-corrected chi connectivity index (χ2v) is 11.4. The van der Waals surface area contributed by atoms with Crippen LogP contribution in [0.15, 0.2) is 53.4 Å². The summed E-state index contributed by atoms with van der Waals surface area (Å²) in [6, 6.07) is 15.2. The first-order valence-corrected chi connectivity index (χ1v) is 14.1. The maximum absolute atomic E-state index is 13.4. The zero-order valence-electron chi connectivity index (χ0n) is 19.5. The normalized spacial score (nSPS) is 18.2. The second-order valence-electron chi connectivity index (χ2n) is 8.35. The first kappa shape index (κ1) is 25.5. The van der Waals surface area contributed by atoms with Gasteiger partial charge in [-0.3, -0.25) is 4.21 Å². The van der Waals surface area contributed by atoms with Gasteiger partial charge in [0.25, 0.3) is 0 Å². The molecule has 0 radical (unpaired) electrons. The van der Waals surface area contributed by atoms with Crippen molar-refractivity contribution in [1.82, 2.24) is 4.57 Å². The van der Waals surface area contributed by atoms with E-state index < -0.39 is 23.5 Å². The topological polar surface area (TPSA) is 46.1 Å². The maximum atomic E-state index is 13.4. The molecule has 0 unspecified atom stereocenters. The SMILES string of the molecule is CCSc1ccc(NCC#Cc2cc3c(NC4CCS(=O)CC4)cccc3n2CC(F)(F)F)cc1. The van der Waals surface area contributed by atoms with Crippen molar-refractivity contribution in [3.8, 4) is 11.8 Å². The van der Waals surface area contributed by atoms with Crippen molar-refractivity contribution in [2.24, 2.45) is 0 Å². The van der Waals surface area contributed by atoms with Crippen LogP contribution in [0.25, 0.3) is 10.9 Å². The highest BCUT2D eigenvalue weighted by Gasteiger charge is 2.30. The van der Waals surface area contributed by atoms with Crippen LogP contribution in [0.4, 0.5) is 24.5 Å². The molecule has 2 aromatic carbocycles. The van der Waals surface area contributed by atoms with Crippen LogP contribution in [-0.4, -0.2) is 44.8 Å². The Morgan fingerprint density at radius 1 is 1.14 bits per heavy atom. The van der Waals surface area contributed by atoms with Crippen LogP contribution in [0, 0.1) is 11.8 Å². The summed E-state index contributed by atoms with van der Waals surface area (Å²) < 4.78 is 53.1. The summed E-state index contributed by atoms with van der Waals surface area (Å²) in [5, 5.41) is 7.37. The van der Waals surface area contributed by atoms with Crippen molar-refractivity contribution in [2.75, 3.05) is 34.4 Å². The molecule has 0 saturated carbocycles. The average Bonchev–Trinajstić information content (AvgIpc) is 3.16. The summed E-state index contributed by atoms with van der Waals surface area (Å²) in [5.41, 5.74) is 2.52. The Morgan fingerprint density at radius 2 is 1.89 bits per heavy atom. The van der Waals surface area contributed by atoms with Gasteiger partial charge in [-0.15, -0.1) is 11.8 Å². The Kier molecular flexibility index (Phi) is 8.34. The molecular formula is C26H28F3N3OS2. The van der Waals surface area contributed by atoms with Crippen molar-refractivity contribution < 1.29 is 17.4 Å². The highest BCUT2D eigenvalue weighted by atomic mass is 32.2. The van der Waals surface area contributed by atoms with E-state index in [-0.39, 0.29) is 6.04 Å². The molecule has 35 heavy (non-hydrogen) atoms. The number of halogens is 3. The summed E-state index contributed by atoms with van der Waals surface area (Å²) in [7, 11) is -0.773. The molecular weight excluding hydrogens is 491 g/mol. The minimum atomic E-state index is -4.37. The monoisotopic (exact) mass is 519 g/mol. The molecule has 186 valence electrons. The second kappa shape index (κ2) is 11.4. The third kappa shape index (κ3) is 6.98. The van der Waals surface area contributed by atoms with Crippen LogP contribution in [-0.2, 0) is 17.3 Å². The highest BCUT2D eigenvalue weighted by molar-refractivity contribution is 7.99. The molecule has 9 heteroatoms. The molecule has 2 heterocycles. The Bertz CT molecular complexity index is 1230. The van der Waals surface area contributed by atoms with Crippen LogP contribution >= 0.6 is 11.8 Å². The number of hydrogen-bond donors (Lipinski definition) is 2. The van der Waals surface area contributed by atoms with Crippen LogP contribution in [0.3, 0.4) is 0 Å². The first-order chi connectivity index (χ1) is 16.8. The fourth-order valence-corrected chi connectivity index (χ4v) is 6.10. The van der Waals surface area contributed by atoms with Crippen LogP contribution in [0.5, 0.6) is 0 Å². The third-order valence-electron chi connectivity index (χ3n) is 5.79. The quantitative estimate of drug-likeness (QED) is 0.292. The van der Waals surface area contributed by atoms with Gasteiger partial charge in [0.2, 0.25) is 0 Å². The van der Waals surface area contributed by atoms with Crippen molar-refractivity contribution in [2.45, 2.75) is 43.4 Å². The number of fused-ring (bicyclic) bond motifs is 1. The molecule has 0 amide bonds. The fourth-order valence-electron chi connectivity index (χ4n) is 4.14. The van der Waals surface area contributed by atoms with E-state index in [0.717, 1.165) is 30.0 Å². The van der Waals surface area contributed by atoms with Gasteiger partial charge in [0.1, 0.15) is 6.54 Å². The Morgan fingerprint density at radius 3 is 2.57 bits per heavy atom. The van der Waals surface area contributed by atoms with Gasteiger partial charge in [-0.05, 0) is 67.0 Å². The Labute approximate surface area is 210 Å². The number of thioether (sulfide) groups is 1. The van der Waals surface area contributed by atoms with Crippen molar-refractivity contribution in [3.05, 3.63) is 54.2 Å². The molecule has 1 saturated heterocycles. The van der Waals surface area contributed by atoms with Gasteiger partial charge >= 0.3 is 6.18 Å². The Balaban J connectivity index is 1.55. The molecule has 1 fully saturated rings. The predicted molar refractivity (Wildman–Crippen MR) is 141 cm³/mol. The molecule has 1 aromatic heterocycles. The summed E-state index contributed by atoms with van der Waals surface area (Å²) in [6.45, 7) is 1.32. The molecule has 0 spiro atoms. The van der Waals surface area contributed by atoms with E-state index >= 15 is 0 Å². The fraction of sp³-hybridized carbons (Fsp3) is 0.385. The number of rotatable bonds is 7. The minimum Gasteiger partial charge on any atom is -0.382 e. The number of hydrogen-bond acceptors (Lipinski definition) is 4. The standard InChI is InChI=1S/C26H28F3N3OS2/c1-2-34-22-10-8-19(9-11-22)30-14-4-5-21-17-23-24(31-20-12-15-35(33)16-13-20)6-3-7-25(23)32(21)18-26(27,28)29/h3,6-11,17,20,30-31H,2,12-16,18H2,1H3. The maximum Gasteiger partial charge on any atom is 0.406 e. The van der Waals surface area contributed by atoms with Gasteiger partial charge < -0.3 is 15.2 Å². The zero-order valence-corrected chi connectivity index (χ0v) is 21.1. The lowest BCUT2D eigenvalue weighted by atomic mass is 10.1. The van der Waals surface area contributed by atoms with Crippen LogP contribution in [0.1, 0.15) is 25.5 Å². The van der Waals surface area contributed by atoms with Gasteiger partial charge in [-0.1, -0.05) is 18.9 Å². The lowest BCUT2D eigenvalue weighted by molar-refractivity contribution is -0.140. The van der Waals surface area contributed by atoms with E-state index in [1.54, 1.807) is 30.0 Å². The number of anilines is 2. The van der Waals surface area contributed by atoms with E-state index in [2.05, 4.69) is 29.4 Å². The number of aromatic nitrogens is 1. The van der Waals surface area contributed by atoms with Crippen LogP contribution in [0.2, 0.25) is 0 Å². The van der Waals surface area contributed by atoms with Gasteiger partial charge in [0.15, 0.2) is 0 Å². The molecule has 1 aliphatic rings. The molecule has 0 bridgehead atoms.